The first-order chi connectivity index (χ1) is 11.1. The molecule has 0 saturated carbocycles. The molecule has 0 aliphatic heterocycles. The van der Waals surface area contributed by atoms with Gasteiger partial charge in [0.05, 0.1) is 0 Å². The molecule has 0 fully saturated rings. The Bertz CT molecular complexity index is 214. The first-order valence-corrected chi connectivity index (χ1v) is 9.99. The highest BCUT2D eigenvalue weighted by molar-refractivity contribution is 5.70. The summed E-state index contributed by atoms with van der Waals surface area (Å²) in [6, 6.07) is 0. The number of aliphatic imine (C=N–C) groups is 1. The van der Waals surface area contributed by atoms with Crippen molar-refractivity contribution in [3.63, 3.8) is 0 Å². The van der Waals surface area contributed by atoms with Gasteiger partial charge in [0.25, 0.3) is 0 Å². The van der Waals surface area contributed by atoms with E-state index in [1.54, 1.807) is 0 Å². The van der Waals surface area contributed by atoms with E-state index in [0.717, 1.165) is 19.0 Å². The number of unbranched alkanes of at least 4 members (excludes halogenated alkanes) is 4. The molecule has 0 aliphatic carbocycles. The number of nitrogens with two attached hydrogens (primary N) is 1. The SMILES string of the molecule is CCCC/C=C/C=NCC.CCCCC(C)CCCC.CCN. The molecule has 0 unspecified atom stereocenters. The van der Waals surface area contributed by atoms with Gasteiger partial charge in [0.15, 0.2) is 0 Å². The third-order valence-electron chi connectivity index (χ3n) is 3.34. The fraction of sp³-hybridized carbons (Fsp3) is 0.857. The molecule has 0 saturated heterocycles. The fourth-order valence-corrected chi connectivity index (χ4v) is 1.89. The second-order valence-electron chi connectivity index (χ2n) is 6.02. The van der Waals surface area contributed by atoms with E-state index in [2.05, 4.69) is 38.8 Å². The lowest BCUT2D eigenvalue weighted by Crippen LogP contribution is -1.93. The molecule has 0 rings (SSSR count). The Morgan fingerprint density at radius 2 is 1.35 bits per heavy atom. The van der Waals surface area contributed by atoms with Gasteiger partial charge >= 0.3 is 0 Å². The normalized spacial score (nSPS) is 10.6. The Hall–Kier alpha value is -0.630. The van der Waals surface area contributed by atoms with E-state index >= 15 is 0 Å². The zero-order valence-electron chi connectivity index (χ0n) is 17.1. The summed E-state index contributed by atoms with van der Waals surface area (Å²) < 4.78 is 0. The van der Waals surface area contributed by atoms with E-state index in [4.69, 9.17) is 5.73 Å². The zero-order valence-corrected chi connectivity index (χ0v) is 17.1. The predicted molar refractivity (Wildman–Crippen MR) is 111 cm³/mol. The topological polar surface area (TPSA) is 38.4 Å². The van der Waals surface area contributed by atoms with Crippen LogP contribution < -0.4 is 5.73 Å². The van der Waals surface area contributed by atoms with Crippen LogP contribution in [0.1, 0.15) is 99.3 Å². The highest BCUT2D eigenvalue weighted by Crippen LogP contribution is 2.14. The second kappa shape index (κ2) is 29.4. The first kappa shape index (κ1) is 27.2. The molecular weight excluding hydrogens is 280 g/mol. The third-order valence-corrected chi connectivity index (χ3v) is 3.34. The van der Waals surface area contributed by atoms with Gasteiger partial charge < -0.3 is 5.73 Å². The minimum atomic E-state index is 0.750. The summed E-state index contributed by atoms with van der Waals surface area (Å²) in [6.45, 7) is 14.7. The molecular formula is C21H46N2. The molecule has 0 aromatic heterocycles. The predicted octanol–water partition coefficient (Wildman–Crippen LogP) is 6.79. The van der Waals surface area contributed by atoms with Crippen LogP contribution in [0, 0.1) is 5.92 Å². The van der Waals surface area contributed by atoms with Crippen molar-refractivity contribution in [2.75, 3.05) is 13.1 Å². The van der Waals surface area contributed by atoms with Crippen molar-refractivity contribution in [1.29, 1.82) is 0 Å². The van der Waals surface area contributed by atoms with E-state index < -0.39 is 0 Å². The molecule has 23 heavy (non-hydrogen) atoms. The van der Waals surface area contributed by atoms with Crippen LogP contribution in [-0.4, -0.2) is 19.3 Å². The number of hydrogen-bond acceptors (Lipinski definition) is 2. The molecule has 2 N–H and O–H groups in total. The third kappa shape index (κ3) is 38.8. The first-order valence-electron chi connectivity index (χ1n) is 9.99. The molecule has 140 valence electrons. The van der Waals surface area contributed by atoms with Gasteiger partial charge in [-0.2, -0.15) is 0 Å². The second-order valence-corrected chi connectivity index (χ2v) is 6.02. The van der Waals surface area contributed by atoms with Gasteiger partial charge in [0.1, 0.15) is 0 Å². The smallest absolute Gasteiger partial charge is 0.0360 e. The summed E-state index contributed by atoms with van der Waals surface area (Å²) in [4.78, 5) is 4.06. The Balaban J connectivity index is -0.000000297. The standard InChI is InChI=1S/C10H22.C9H17N.C2H7N/c1-4-6-8-10(3)9-7-5-2;1-3-5-6-7-8-9-10-4-2;1-2-3/h10H,4-9H2,1-3H3;7-9H,3-6H2,1-2H3;2-3H2,1H3/b;8-7+,10-9?;. The summed E-state index contributed by atoms with van der Waals surface area (Å²) in [6.07, 6.45) is 18.3. The van der Waals surface area contributed by atoms with Gasteiger partial charge in [-0.3, -0.25) is 4.99 Å². The molecule has 0 spiro atoms. The lowest BCUT2D eigenvalue weighted by Gasteiger charge is -2.08. The zero-order chi connectivity index (χ0) is 18.2. The van der Waals surface area contributed by atoms with Crippen molar-refractivity contribution >= 4 is 6.21 Å². The van der Waals surface area contributed by atoms with Crippen molar-refractivity contribution in [2.45, 2.75) is 99.3 Å². The molecule has 0 aliphatic rings. The van der Waals surface area contributed by atoms with Crippen LogP contribution >= 0.6 is 0 Å². The van der Waals surface area contributed by atoms with Crippen LogP contribution in [0.4, 0.5) is 0 Å². The molecule has 0 radical (unpaired) electrons. The van der Waals surface area contributed by atoms with Gasteiger partial charge in [-0.15, -0.1) is 0 Å². The molecule has 0 aromatic carbocycles. The lowest BCUT2D eigenvalue weighted by atomic mass is 9.98. The quantitative estimate of drug-likeness (QED) is 0.329. The van der Waals surface area contributed by atoms with E-state index in [-0.39, 0.29) is 0 Å². The average Bonchev–Trinajstić information content (AvgIpc) is 2.55. The van der Waals surface area contributed by atoms with Gasteiger partial charge in [0, 0.05) is 12.8 Å². The van der Waals surface area contributed by atoms with E-state index in [0.29, 0.717) is 0 Å². The summed E-state index contributed by atoms with van der Waals surface area (Å²) in [7, 11) is 0. The highest BCUT2D eigenvalue weighted by atomic mass is 14.7. The number of allylic oxidation sites excluding steroid dienone is 2. The van der Waals surface area contributed by atoms with Crippen molar-refractivity contribution in [3.05, 3.63) is 12.2 Å². The molecule has 0 heterocycles. The number of rotatable bonds is 11. The van der Waals surface area contributed by atoms with Crippen molar-refractivity contribution in [3.8, 4) is 0 Å². The maximum Gasteiger partial charge on any atom is 0.0360 e. The van der Waals surface area contributed by atoms with Crippen LogP contribution in [0.5, 0.6) is 0 Å². The number of nitrogens with zero attached hydrogens (tertiary/aromatic N) is 1. The summed E-state index contributed by atoms with van der Waals surface area (Å²) in [5, 5.41) is 0. The van der Waals surface area contributed by atoms with Crippen LogP contribution in [0.2, 0.25) is 0 Å². The molecule has 2 nitrogen and oxygen atoms in total. The van der Waals surface area contributed by atoms with Gasteiger partial charge in [-0.05, 0) is 31.9 Å². The number of hydrogen-bond donors (Lipinski definition) is 1. The van der Waals surface area contributed by atoms with Crippen LogP contribution in [0.25, 0.3) is 0 Å². The average molecular weight is 327 g/mol. The van der Waals surface area contributed by atoms with Crippen LogP contribution in [0.3, 0.4) is 0 Å². The molecule has 0 aromatic rings. The largest absolute Gasteiger partial charge is 0.331 e. The summed E-state index contributed by atoms with van der Waals surface area (Å²) in [5.74, 6) is 0.972. The Kier molecular flexibility index (Phi) is 34.8. The Morgan fingerprint density at radius 1 is 0.870 bits per heavy atom. The van der Waals surface area contributed by atoms with Gasteiger partial charge in [-0.25, -0.2) is 0 Å². The van der Waals surface area contributed by atoms with E-state index in [9.17, 15) is 0 Å². The Labute approximate surface area is 148 Å². The highest BCUT2D eigenvalue weighted by Gasteiger charge is 1.98. The minimum Gasteiger partial charge on any atom is -0.331 e. The minimum absolute atomic E-state index is 0.750. The molecule has 0 atom stereocenters. The summed E-state index contributed by atoms with van der Waals surface area (Å²) >= 11 is 0. The summed E-state index contributed by atoms with van der Waals surface area (Å²) in [5.41, 5.74) is 4.85. The monoisotopic (exact) mass is 326 g/mol. The van der Waals surface area contributed by atoms with Crippen molar-refractivity contribution < 1.29 is 0 Å². The van der Waals surface area contributed by atoms with Crippen LogP contribution in [0.15, 0.2) is 17.1 Å². The van der Waals surface area contributed by atoms with Crippen LogP contribution in [-0.2, 0) is 0 Å². The maximum absolute atomic E-state index is 4.85. The van der Waals surface area contributed by atoms with E-state index in [1.165, 1.54) is 57.8 Å². The molecule has 2 heteroatoms. The van der Waals surface area contributed by atoms with Gasteiger partial charge in [0.2, 0.25) is 0 Å². The fourth-order valence-electron chi connectivity index (χ4n) is 1.89. The van der Waals surface area contributed by atoms with Crippen molar-refractivity contribution in [2.24, 2.45) is 16.6 Å². The molecule has 0 bridgehead atoms. The van der Waals surface area contributed by atoms with Gasteiger partial charge in [-0.1, -0.05) is 92.1 Å². The molecule has 0 amide bonds. The Morgan fingerprint density at radius 3 is 1.74 bits per heavy atom. The van der Waals surface area contributed by atoms with Crippen molar-refractivity contribution in [1.82, 2.24) is 0 Å². The van der Waals surface area contributed by atoms with E-state index in [1.807, 2.05) is 26.1 Å². The maximum atomic E-state index is 4.85. The lowest BCUT2D eigenvalue weighted by molar-refractivity contribution is 0.454.